The molecule has 1 fully saturated rings. The molecule has 2 aromatic rings. The van der Waals surface area contributed by atoms with E-state index >= 15 is 0 Å². The van der Waals surface area contributed by atoms with Crippen LogP contribution in [-0.2, 0) is 22.8 Å². The second-order valence-electron chi connectivity index (χ2n) is 9.57. The van der Waals surface area contributed by atoms with E-state index in [0.717, 1.165) is 35.7 Å². The highest BCUT2D eigenvalue weighted by molar-refractivity contribution is 5.59. The molecule has 3 rings (SSSR count). The second kappa shape index (κ2) is 11.5. The largest absolute Gasteiger partial charge is 0.492 e. The van der Waals surface area contributed by atoms with Gasteiger partial charge >= 0.3 is 0 Å². The fraction of sp³-hybridized carbons (Fsp3) is 0.519. The van der Waals surface area contributed by atoms with Crippen LogP contribution in [0.4, 0.5) is 5.69 Å². The van der Waals surface area contributed by atoms with Crippen molar-refractivity contribution in [3.05, 3.63) is 66.5 Å². The summed E-state index contributed by atoms with van der Waals surface area (Å²) < 4.78 is 11.5. The molecule has 0 spiro atoms. The lowest BCUT2D eigenvalue weighted by molar-refractivity contribution is 0.0493. The standard InChI is InChI=1S/C27H38N2O3/c1-6-18-31-20-24-26(30-5)25(16-17-28-24)29(32-19-21-10-8-7-9-11-21)23-14-12-22(13-15-23)27(2,3)4/h6-11,16-17,22-23H,1,12-15,18-20H2,2-5H3/t22-,23+. The minimum absolute atomic E-state index is 0.288. The summed E-state index contributed by atoms with van der Waals surface area (Å²) in [6.07, 6.45) is 8.11. The van der Waals surface area contributed by atoms with Crippen LogP contribution in [0.2, 0.25) is 0 Å². The molecule has 0 amide bonds. The van der Waals surface area contributed by atoms with Gasteiger partial charge in [0.1, 0.15) is 11.4 Å². The van der Waals surface area contributed by atoms with Crippen LogP contribution in [0.25, 0.3) is 0 Å². The van der Waals surface area contributed by atoms with E-state index in [0.29, 0.717) is 31.0 Å². The minimum Gasteiger partial charge on any atom is -0.492 e. The number of nitrogens with zero attached hydrogens (tertiary/aromatic N) is 2. The maximum atomic E-state index is 6.47. The molecular weight excluding hydrogens is 400 g/mol. The highest BCUT2D eigenvalue weighted by atomic mass is 16.7. The van der Waals surface area contributed by atoms with Crippen molar-refractivity contribution in [2.24, 2.45) is 11.3 Å². The van der Waals surface area contributed by atoms with Crippen LogP contribution in [0.1, 0.15) is 57.7 Å². The second-order valence-corrected chi connectivity index (χ2v) is 9.57. The van der Waals surface area contributed by atoms with Gasteiger partial charge in [0.15, 0.2) is 5.75 Å². The fourth-order valence-corrected chi connectivity index (χ4v) is 4.48. The Morgan fingerprint density at radius 2 is 1.78 bits per heavy atom. The van der Waals surface area contributed by atoms with E-state index < -0.39 is 0 Å². The van der Waals surface area contributed by atoms with Gasteiger partial charge in [0.25, 0.3) is 0 Å². The third-order valence-corrected chi connectivity index (χ3v) is 6.34. The molecule has 0 aliphatic heterocycles. The molecule has 5 nitrogen and oxygen atoms in total. The van der Waals surface area contributed by atoms with E-state index in [-0.39, 0.29) is 6.04 Å². The average molecular weight is 439 g/mol. The van der Waals surface area contributed by atoms with Gasteiger partial charge in [-0.15, -0.1) is 6.58 Å². The van der Waals surface area contributed by atoms with Gasteiger partial charge in [-0.05, 0) is 48.6 Å². The first-order chi connectivity index (χ1) is 15.4. The van der Waals surface area contributed by atoms with Crippen molar-refractivity contribution in [1.82, 2.24) is 4.98 Å². The highest BCUT2D eigenvalue weighted by Gasteiger charge is 2.34. The summed E-state index contributed by atoms with van der Waals surface area (Å²) in [4.78, 5) is 11.0. The zero-order valence-electron chi connectivity index (χ0n) is 20.0. The Morgan fingerprint density at radius 3 is 2.41 bits per heavy atom. The van der Waals surface area contributed by atoms with E-state index in [1.54, 1.807) is 13.2 Å². The predicted octanol–water partition coefficient (Wildman–Crippen LogP) is 6.34. The van der Waals surface area contributed by atoms with Crippen molar-refractivity contribution in [1.29, 1.82) is 0 Å². The van der Waals surface area contributed by atoms with Gasteiger partial charge in [0.2, 0.25) is 0 Å². The van der Waals surface area contributed by atoms with Gasteiger partial charge in [-0.2, -0.15) is 0 Å². The number of hydrogen-bond acceptors (Lipinski definition) is 5. The molecule has 32 heavy (non-hydrogen) atoms. The summed E-state index contributed by atoms with van der Waals surface area (Å²) in [6, 6.07) is 12.6. The number of rotatable bonds is 10. The zero-order chi connectivity index (χ0) is 23.0. The Labute approximate surface area is 193 Å². The van der Waals surface area contributed by atoms with Gasteiger partial charge in [-0.3, -0.25) is 9.82 Å². The van der Waals surface area contributed by atoms with Gasteiger partial charge in [-0.1, -0.05) is 57.2 Å². The molecule has 0 unspecified atom stereocenters. The number of anilines is 1. The Morgan fingerprint density at radius 1 is 1.06 bits per heavy atom. The van der Waals surface area contributed by atoms with E-state index in [2.05, 4.69) is 49.5 Å². The van der Waals surface area contributed by atoms with Gasteiger partial charge in [0, 0.05) is 6.20 Å². The molecule has 0 radical (unpaired) electrons. The molecule has 0 atom stereocenters. The van der Waals surface area contributed by atoms with Crippen molar-refractivity contribution in [2.45, 2.75) is 65.7 Å². The molecular formula is C27H38N2O3. The highest BCUT2D eigenvalue weighted by Crippen LogP contribution is 2.42. The third-order valence-electron chi connectivity index (χ3n) is 6.34. The van der Waals surface area contributed by atoms with Crippen molar-refractivity contribution in [3.8, 4) is 5.75 Å². The molecule has 5 heteroatoms. The lowest BCUT2D eigenvalue weighted by Crippen LogP contribution is -2.40. The first-order valence-electron chi connectivity index (χ1n) is 11.6. The number of methoxy groups -OCH3 is 1. The third kappa shape index (κ3) is 6.33. The summed E-state index contributed by atoms with van der Waals surface area (Å²) >= 11 is 0. The number of benzene rings is 1. The summed E-state index contributed by atoms with van der Waals surface area (Å²) in [5.74, 6) is 1.44. The molecule has 0 bridgehead atoms. The van der Waals surface area contributed by atoms with E-state index in [9.17, 15) is 0 Å². The topological polar surface area (TPSA) is 43.8 Å². The zero-order valence-corrected chi connectivity index (χ0v) is 20.0. The van der Waals surface area contributed by atoms with Crippen molar-refractivity contribution >= 4 is 5.69 Å². The Balaban J connectivity index is 1.85. The first kappa shape index (κ1) is 24.3. The normalized spacial score (nSPS) is 18.9. The number of aromatic nitrogens is 1. The maximum absolute atomic E-state index is 6.47. The van der Waals surface area contributed by atoms with Gasteiger partial charge in [0.05, 0.1) is 33.0 Å². The van der Waals surface area contributed by atoms with Crippen LogP contribution < -0.4 is 9.80 Å². The quantitative estimate of drug-likeness (QED) is 0.246. The van der Waals surface area contributed by atoms with Crippen LogP contribution in [0.5, 0.6) is 5.75 Å². The van der Waals surface area contributed by atoms with Crippen LogP contribution in [-0.4, -0.2) is 24.7 Å². The van der Waals surface area contributed by atoms with Crippen LogP contribution in [0.3, 0.4) is 0 Å². The summed E-state index contributed by atoms with van der Waals surface area (Å²) in [5, 5.41) is 2.07. The molecule has 1 saturated carbocycles. The minimum atomic E-state index is 0.288. The fourth-order valence-electron chi connectivity index (χ4n) is 4.48. The van der Waals surface area contributed by atoms with E-state index in [4.69, 9.17) is 14.3 Å². The van der Waals surface area contributed by atoms with E-state index in [1.807, 2.05) is 30.5 Å². The number of hydrogen-bond donors (Lipinski definition) is 0. The van der Waals surface area contributed by atoms with Crippen LogP contribution >= 0.6 is 0 Å². The lowest BCUT2D eigenvalue weighted by Gasteiger charge is -2.41. The molecule has 0 saturated heterocycles. The summed E-state index contributed by atoms with van der Waals surface area (Å²) in [6.45, 7) is 12.1. The van der Waals surface area contributed by atoms with E-state index in [1.165, 1.54) is 12.8 Å². The first-order valence-corrected chi connectivity index (χ1v) is 11.6. The SMILES string of the molecule is C=CCOCc1nccc(N(OCc2ccccc2)[C@H]2CC[C@@H](C(C)(C)C)CC2)c1OC. The lowest BCUT2D eigenvalue weighted by atomic mass is 9.71. The summed E-state index contributed by atoms with van der Waals surface area (Å²) in [5.41, 5.74) is 3.16. The van der Waals surface area contributed by atoms with Crippen molar-refractivity contribution in [2.75, 3.05) is 18.8 Å². The van der Waals surface area contributed by atoms with Gasteiger partial charge in [-0.25, -0.2) is 5.06 Å². The summed E-state index contributed by atoms with van der Waals surface area (Å²) in [7, 11) is 1.68. The maximum Gasteiger partial charge on any atom is 0.168 e. The average Bonchev–Trinajstić information content (AvgIpc) is 2.80. The number of ether oxygens (including phenoxy) is 2. The monoisotopic (exact) mass is 438 g/mol. The van der Waals surface area contributed by atoms with Gasteiger partial charge < -0.3 is 9.47 Å². The molecule has 1 aromatic heterocycles. The molecule has 1 aromatic carbocycles. The Kier molecular flexibility index (Phi) is 8.71. The Hall–Kier alpha value is -2.37. The van der Waals surface area contributed by atoms with Crippen LogP contribution in [0.15, 0.2) is 55.3 Å². The molecule has 1 aliphatic carbocycles. The smallest absolute Gasteiger partial charge is 0.168 e. The van der Waals surface area contributed by atoms with Crippen molar-refractivity contribution < 1.29 is 14.3 Å². The Bertz CT molecular complexity index is 840. The predicted molar refractivity (Wildman–Crippen MR) is 130 cm³/mol. The molecule has 0 N–H and O–H groups in total. The number of pyridine rings is 1. The molecule has 1 heterocycles. The number of hydroxylamine groups is 1. The molecule has 174 valence electrons. The van der Waals surface area contributed by atoms with Crippen LogP contribution in [0, 0.1) is 11.3 Å². The molecule has 1 aliphatic rings. The van der Waals surface area contributed by atoms with Crippen molar-refractivity contribution in [3.63, 3.8) is 0 Å².